The summed E-state index contributed by atoms with van der Waals surface area (Å²) < 4.78 is 0. The van der Waals surface area contributed by atoms with Gasteiger partial charge in [0.05, 0.1) is 0 Å². The Hall–Kier alpha value is -0.0105. The van der Waals surface area contributed by atoms with Gasteiger partial charge in [0.15, 0.2) is 0 Å². The van der Waals surface area contributed by atoms with Crippen molar-refractivity contribution < 1.29 is 9.90 Å². The van der Waals surface area contributed by atoms with Crippen LogP contribution in [0.25, 0.3) is 0 Å². The van der Waals surface area contributed by atoms with Crippen LogP contribution >= 0.6 is 0 Å². The molecule has 2 nitrogen and oxygen atoms in total. The van der Waals surface area contributed by atoms with E-state index in [1.54, 1.807) is 10.6 Å². The Labute approximate surface area is 186 Å². The summed E-state index contributed by atoms with van der Waals surface area (Å²) in [5.41, 5.74) is 0. The standard InChI is InChI=1S/C16H34Se.C6H14.C2H6.CH2O2/c1-3-5-7-9-10-11-12-14-16-17-15-13-8-6-4-2;1-3-5-6-4-2;1-2;2-1-3/h3-16H2,1-2H3;3-6H2,1-2H3;1-2H3;1H,(H,2,3). The maximum Gasteiger partial charge on any atom is 0.290 e. The van der Waals surface area contributed by atoms with Gasteiger partial charge in [0.2, 0.25) is 0 Å². The zero-order chi connectivity index (χ0) is 22.1. The van der Waals surface area contributed by atoms with E-state index in [0.29, 0.717) is 0 Å². The minimum atomic E-state index is -0.250. The largest absolute Gasteiger partial charge is 0.483 e. The van der Waals surface area contributed by atoms with Gasteiger partial charge in [-0.3, -0.25) is 4.79 Å². The SMILES string of the molecule is CC.CCCCCC.CCCCCCCCCC[Se]CCCCCC.O=CO. The van der Waals surface area contributed by atoms with Crippen molar-refractivity contribution in [2.75, 3.05) is 0 Å². The molecule has 0 heterocycles. The Morgan fingerprint density at radius 2 is 0.750 bits per heavy atom. The fraction of sp³-hybridized carbons (Fsp3) is 0.960. The van der Waals surface area contributed by atoms with E-state index < -0.39 is 0 Å². The van der Waals surface area contributed by atoms with Crippen LogP contribution in [0.2, 0.25) is 10.6 Å². The van der Waals surface area contributed by atoms with Gasteiger partial charge in [0.25, 0.3) is 6.47 Å². The van der Waals surface area contributed by atoms with Gasteiger partial charge in [-0.25, -0.2) is 0 Å². The topological polar surface area (TPSA) is 37.3 Å². The fourth-order valence-electron chi connectivity index (χ4n) is 2.57. The molecule has 0 saturated carbocycles. The van der Waals surface area contributed by atoms with Crippen molar-refractivity contribution in [1.29, 1.82) is 0 Å². The molecule has 0 amide bonds. The first-order valence-electron chi connectivity index (χ1n) is 12.4. The van der Waals surface area contributed by atoms with Gasteiger partial charge in [-0.2, -0.15) is 0 Å². The van der Waals surface area contributed by atoms with Crippen molar-refractivity contribution in [3.05, 3.63) is 0 Å². The second kappa shape index (κ2) is 45.6. The number of hydrogen-bond donors (Lipinski definition) is 1. The molecule has 0 aliphatic heterocycles. The summed E-state index contributed by atoms with van der Waals surface area (Å²) in [7, 11) is 0. The Morgan fingerprint density at radius 3 is 1.07 bits per heavy atom. The normalized spacial score (nSPS) is 9.21. The molecule has 3 heteroatoms. The molecule has 0 aliphatic rings. The van der Waals surface area contributed by atoms with E-state index in [1.165, 1.54) is 103 Å². The number of carbonyl (C=O) groups is 1. The molecule has 0 fully saturated rings. The van der Waals surface area contributed by atoms with E-state index >= 15 is 0 Å². The summed E-state index contributed by atoms with van der Waals surface area (Å²) in [6, 6.07) is 0. The first-order valence-corrected chi connectivity index (χ1v) is 14.8. The first kappa shape index (κ1) is 35.4. The van der Waals surface area contributed by atoms with E-state index in [1.807, 2.05) is 13.8 Å². The van der Waals surface area contributed by atoms with Gasteiger partial charge < -0.3 is 5.11 Å². The molecule has 0 unspecified atom stereocenters. The van der Waals surface area contributed by atoms with Crippen LogP contribution in [0.4, 0.5) is 0 Å². The molecular formula is C25H56O2Se. The maximum absolute atomic E-state index is 8.36. The van der Waals surface area contributed by atoms with Crippen molar-refractivity contribution in [2.45, 2.75) is 155 Å². The fourth-order valence-corrected chi connectivity index (χ4v) is 4.71. The summed E-state index contributed by atoms with van der Waals surface area (Å²) in [6.07, 6.45) is 23.1. The van der Waals surface area contributed by atoms with Crippen LogP contribution in [-0.4, -0.2) is 26.5 Å². The van der Waals surface area contributed by atoms with E-state index in [4.69, 9.17) is 9.90 Å². The van der Waals surface area contributed by atoms with Crippen molar-refractivity contribution in [3.63, 3.8) is 0 Å². The number of hydrogen-bond acceptors (Lipinski definition) is 1. The van der Waals surface area contributed by atoms with Gasteiger partial charge in [0.1, 0.15) is 0 Å². The van der Waals surface area contributed by atoms with E-state index in [0.717, 1.165) is 15.0 Å². The second-order valence-corrected chi connectivity index (χ2v) is 9.53. The number of unbranched alkanes of at least 4 members (excludes halogenated alkanes) is 13. The Morgan fingerprint density at radius 1 is 0.536 bits per heavy atom. The van der Waals surface area contributed by atoms with Crippen molar-refractivity contribution in [1.82, 2.24) is 0 Å². The summed E-state index contributed by atoms with van der Waals surface area (Å²) in [5, 5.41) is 9.98. The third kappa shape index (κ3) is 56.2. The first-order chi connectivity index (χ1) is 13.7. The zero-order valence-electron chi connectivity index (χ0n) is 20.6. The molecule has 0 radical (unpaired) electrons. The van der Waals surface area contributed by atoms with Gasteiger partial charge in [-0.15, -0.1) is 0 Å². The van der Waals surface area contributed by atoms with Gasteiger partial charge in [0, 0.05) is 0 Å². The number of carboxylic acid groups (broad SMARTS) is 1. The quantitative estimate of drug-likeness (QED) is 0.131. The maximum atomic E-state index is 8.36. The van der Waals surface area contributed by atoms with Gasteiger partial charge in [-0.05, 0) is 0 Å². The van der Waals surface area contributed by atoms with Crippen molar-refractivity contribution in [2.24, 2.45) is 0 Å². The van der Waals surface area contributed by atoms with Crippen LogP contribution in [-0.2, 0) is 4.79 Å². The van der Waals surface area contributed by atoms with Crippen LogP contribution in [0.1, 0.15) is 144 Å². The van der Waals surface area contributed by atoms with E-state index in [9.17, 15) is 0 Å². The van der Waals surface area contributed by atoms with Crippen LogP contribution in [0.15, 0.2) is 0 Å². The van der Waals surface area contributed by atoms with Gasteiger partial charge >= 0.3 is 116 Å². The molecular weight excluding hydrogens is 411 g/mol. The molecule has 0 spiro atoms. The minimum absolute atomic E-state index is 0.250. The van der Waals surface area contributed by atoms with E-state index in [2.05, 4.69) is 27.7 Å². The van der Waals surface area contributed by atoms with Crippen LogP contribution in [0.3, 0.4) is 0 Å². The Kier molecular flexibility index (Phi) is 57.7. The van der Waals surface area contributed by atoms with Crippen LogP contribution in [0, 0.1) is 0 Å². The molecule has 1 N–H and O–H groups in total. The van der Waals surface area contributed by atoms with Crippen molar-refractivity contribution in [3.8, 4) is 0 Å². The van der Waals surface area contributed by atoms with Crippen LogP contribution in [0.5, 0.6) is 0 Å². The minimum Gasteiger partial charge on any atom is -0.483 e. The monoisotopic (exact) mass is 468 g/mol. The van der Waals surface area contributed by atoms with E-state index in [-0.39, 0.29) is 6.47 Å². The summed E-state index contributed by atoms with van der Waals surface area (Å²) in [6.45, 7) is 12.8. The molecule has 0 atom stereocenters. The average Bonchev–Trinajstić information content (AvgIpc) is 2.72. The van der Waals surface area contributed by atoms with Gasteiger partial charge in [-0.1, -0.05) is 53.4 Å². The summed E-state index contributed by atoms with van der Waals surface area (Å²) in [4.78, 5) is 8.36. The molecule has 0 aliphatic carbocycles. The predicted octanol–water partition coefficient (Wildman–Crippen LogP) is 9.56. The summed E-state index contributed by atoms with van der Waals surface area (Å²) >= 11 is 0.968. The number of rotatable bonds is 17. The van der Waals surface area contributed by atoms with Crippen molar-refractivity contribution >= 4 is 21.4 Å². The second-order valence-electron chi connectivity index (χ2n) is 6.96. The Balaban J connectivity index is -0.000000216. The molecule has 0 aromatic rings. The molecule has 0 rings (SSSR count). The third-order valence-corrected chi connectivity index (χ3v) is 6.66. The zero-order valence-corrected chi connectivity index (χ0v) is 22.3. The Bertz CT molecular complexity index is 193. The smallest absolute Gasteiger partial charge is 0.290 e. The molecule has 0 aromatic heterocycles. The van der Waals surface area contributed by atoms with Crippen LogP contribution < -0.4 is 0 Å². The average molecular weight is 468 g/mol. The molecule has 0 saturated heterocycles. The molecule has 0 bridgehead atoms. The molecule has 28 heavy (non-hydrogen) atoms. The molecule has 0 aromatic carbocycles. The predicted molar refractivity (Wildman–Crippen MR) is 132 cm³/mol. The third-order valence-electron chi connectivity index (χ3n) is 4.24. The molecule has 174 valence electrons. The summed E-state index contributed by atoms with van der Waals surface area (Å²) in [5.74, 6) is 0.